The molecule has 0 spiro atoms. The number of piperazine rings is 1. The third kappa shape index (κ3) is 6.19. The highest BCUT2D eigenvalue weighted by atomic mass is 35.5. The average Bonchev–Trinajstić information content (AvgIpc) is 2.76. The van der Waals surface area contributed by atoms with Gasteiger partial charge in [-0.1, -0.05) is 29.8 Å². The van der Waals surface area contributed by atoms with Gasteiger partial charge in [-0.05, 0) is 30.3 Å². The summed E-state index contributed by atoms with van der Waals surface area (Å²) in [6.45, 7) is 3.57. The molecule has 0 radical (unpaired) electrons. The summed E-state index contributed by atoms with van der Waals surface area (Å²) in [7, 11) is 1.61. The molecule has 1 aliphatic rings. The zero-order valence-corrected chi connectivity index (χ0v) is 17.7. The Labute approximate surface area is 181 Å². The molecule has 2 aromatic carbocycles. The highest BCUT2D eigenvalue weighted by Gasteiger charge is 2.23. The SMILES string of the molecule is COCCOc1cccc(C(=O)N2CCN(CC(=O)Nc3ccccc3Cl)CC2)c1. The molecule has 3 rings (SSSR count). The molecule has 1 N–H and O–H groups in total. The van der Waals surface area contributed by atoms with E-state index >= 15 is 0 Å². The molecule has 1 heterocycles. The van der Waals surface area contributed by atoms with Gasteiger partial charge in [-0.2, -0.15) is 0 Å². The minimum atomic E-state index is -0.121. The predicted molar refractivity (Wildman–Crippen MR) is 116 cm³/mol. The number of para-hydroxylation sites is 1. The topological polar surface area (TPSA) is 71.1 Å². The Morgan fingerprint density at radius 3 is 2.53 bits per heavy atom. The van der Waals surface area contributed by atoms with Crippen LogP contribution in [0.4, 0.5) is 5.69 Å². The van der Waals surface area contributed by atoms with Gasteiger partial charge in [0, 0.05) is 38.9 Å². The molecular formula is C22H26ClN3O4. The van der Waals surface area contributed by atoms with Crippen molar-refractivity contribution in [3.05, 3.63) is 59.1 Å². The number of benzene rings is 2. The van der Waals surface area contributed by atoms with Gasteiger partial charge in [0.15, 0.2) is 0 Å². The van der Waals surface area contributed by atoms with Gasteiger partial charge >= 0.3 is 0 Å². The van der Waals surface area contributed by atoms with Crippen LogP contribution in [0.3, 0.4) is 0 Å². The van der Waals surface area contributed by atoms with E-state index < -0.39 is 0 Å². The molecule has 8 heteroatoms. The number of hydrogen-bond donors (Lipinski definition) is 1. The van der Waals surface area contributed by atoms with Gasteiger partial charge in [0.05, 0.1) is 23.9 Å². The van der Waals surface area contributed by atoms with Gasteiger partial charge in [-0.25, -0.2) is 0 Å². The summed E-state index contributed by atoms with van der Waals surface area (Å²) >= 11 is 6.08. The Morgan fingerprint density at radius 2 is 1.80 bits per heavy atom. The van der Waals surface area contributed by atoms with Crippen LogP contribution < -0.4 is 10.1 Å². The van der Waals surface area contributed by atoms with E-state index in [0.29, 0.717) is 61.4 Å². The summed E-state index contributed by atoms with van der Waals surface area (Å²) in [6.07, 6.45) is 0. The smallest absolute Gasteiger partial charge is 0.254 e. The minimum absolute atomic E-state index is 0.0349. The molecule has 0 saturated carbocycles. The lowest BCUT2D eigenvalue weighted by Gasteiger charge is -2.34. The largest absolute Gasteiger partial charge is 0.491 e. The quantitative estimate of drug-likeness (QED) is 0.651. The molecule has 2 amide bonds. The Hall–Kier alpha value is -2.61. The van der Waals surface area contributed by atoms with Crippen molar-refractivity contribution in [1.82, 2.24) is 9.80 Å². The molecule has 0 unspecified atom stereocenters. The van der Waals surface area contributed by atoms with Gasteiger partial charge in [0.25, 0.3) is 5.91 Å². The Morgan fingerprint density at radius 1 is 1.03 bits per heavy atom. The number of nitrogens with one attached hydrogen (secondary N) is 1. The van der Waals surface area contributed by atoms with E-state index in [9.17, 15) is 9.59 Å². The van der Waals surface area contributed by atoms with Crippen LogP contribution in [0, 0.1) is 0 Å². The highest BCUT2D eigenvalue weighted by Crippen LogP contribution is 2.20. The monoisotopic (exact) mass is 431 g/mol. The minimum Gasteiger partial charge on any atom is -0.491 e. The van der Waals surface area contributed by atoms with E-state index in [0.717, 1.165) is 0 Å². The fourth-order valence-electron chi connectivity index (χ4n) is 3.21. The van der Waals surface area contributed by atoms with Crippen LogP contribution >= 0.6 is 11.6 Å². The molecule has 1 saturated heterocycles. The van der Waals surface area contributed by atoms with Gasteiger partial charge < -0.3 is 19.7 Å². The molecular weight excluding hydrogens is 406 g/mol. The van der Waals surface area contributed by atoms with Crippen LogP contribution in [-0.2, 0) is 9.53 Å². The zero-order valence-electron chi connectivity index (χ0n) is 17.0. The van der Waals surface area contributed by atoms with Crippen LogP contribution in [0.5, 0.6) is 5.75 Å². The fraction of sp³-hybridized carbons (Fsp3) is 0.364. The Balaban J connectivity index is 1.48. The fourth-order valence-corrected chi connectivity index (χ4v) is 3.39. The van der Waals surface area contributed by atoms with Crippen LogP contribution in [0.2, 0.25) is 5.02 Å². The van der Waals surface area contributed by atoms with Crippen molar-refractivity contribution in [2.75, 3.05) is 58.4 Å². The number of rotatable bonds is 8. The maximum Gasteiger partial charge on any atom is 0.254 e. The van der Waals surface area contributed by atoms with Gasteiger partial charge in [0.2, 0.25) is 5.91 Å². The van der Waals surface area contributed by atoms with E-state index in [1.54, 1.807) is 36.3 Å². The number of carbonyl (C=O) groups is 2. The first-order valence-corrected chi connectivity index (χ1v) is 10.2. The first kappa shape index (κ1) is 22.1. The summed E-state index contributed by atoms with van der Waals surface area (Å²) in [4.78, 5) is 29.0. The number of carbonyl (C=O) groups excluding carboxylic acids is 2. The summed E-state index contributed by atoms with van der Waals surface area (Å²) in [5.74, 6) is 0.490. The standard InChI is InChI=1S/C22H26ClN3O4/c1-29-13-14-30-18-6-4-5-17(15-18)22(28)26-11-9-25(10-12-26)16-21(27)24-20-8-3-2-7-19(20)23/h2-8,15H,9-14,16H2,1H3,(H,24,27). The number of ether oxygens (including phenoxy) is 2. The molecule has 7 nitrogen and oxygen atoms in total. The third-order valence-corrected chi connectivity index (χ3v) is 5.14. The number of nitrogens with zero attached hydrogens (tertiary/aromatic N) is 2. The Bertz CT molecular complexity index is 869. The van der Waals surface area contributed by atoms with Gasteiger partial charge in [0.1, 0.15) is 12.4 Å². The van der Waals surface area contributed by atoms with Crippen molar-refractivity contribution in [2.45, 2.75) is 0 Å². The normalized spacial score (nSPS) is 14.4. The van der Waals surface area contributed by atoms with Crippen molar-refractivity contribution in [3.8, 4) is 5.75 Å². The maximum absolute atomic E-state index is 12.8. The second-order valence-corrected chi connectivity index (χ2v) is 7.37. The summed E-state index contributed by atoms with van der Waals surface area (Å²) in [5.41, 5.74) is 1.19. The van der Waals surface area contributed by atoms with Crippen molar-refractivity contribution < 1.29 is 19.1 Å². The lowest BCUT2D eigenvalue weighted by molar-refractivity contribution is -0.117. The maximum atomic E-state index is 12.8. The molecule has 2 aromatic rings. The van der Waals surface area contributed by atoms with E-state index in [1.807, 2.05) is 29.2 Å². The molecule has 0 atom stereocenters. The van der Waals surface area contributed by atoms with Crippen molar-refractivity contribution >= 4 is 29.1 Å². The lowest BCUT2D eigenvalue weighted by Crippen LogP contribution is -2.50. The number of halogens is 1. The molecule has 1 fully saturated rings. The van der Waals surface area contributed by atoms with Crippen molar-refractivity contribution in [2.24, 2.45) is 0 Å². The second-order valence-electron chi connectivity index (χ2n) is 6.97. The molecule has 1 aliphatic heterocycles. The number of hydrogen-bond acceptors (Lipinski definition) is 5. The number of anilines is 1. The second kappa shape index (κ2) is 11.0. The van der Waals surface area contributed by atoms with Crippen LogP contribution in [0.15, 0.2) is 48.5 Å². The first-order chi connectivity index (χ1) is 14.6. The van der Waals surface area contributed by atoms with Gasteiger partial charge in [-0.3, -0.25) is 14.5 Å². The first-order valence-electron chi connectivity index (χ1n) is 9.84. The van der Waals surface area contributed by atoms with E-state index in [-0.39, 0.29) is 18.4 Å². The van der Waals surface area contributed by atoms with Gasteiger partial charge in [-0.15, -0.1) is 0 Å². The van der Waals surface area contributed by atoms with Crippen LogP contribution in [0.1, 0.15) is 10.4 Å². The summed E-state index contributed by atoms with van der Waals surface area (Å²) in [6, 6.07) is 14.3. The summed E-state index contributed by atoms with van der Waals surface area (Å²) < 4.78 is 10.6. The van der Waals surface area contributed by atoms with Crippen LogP contribution in [-0.4, -0.2) is 74.7 Å². The zero-order chi connectivity index (χ0) is 21.3. The van der Waals surface area contributed by atoms with Crippen molar-refractivity contribution in [3.63, 3.8) is 0 Å². The molecule has 0 aromatic heterocycles. The van der Waals surface area contributed by atoms with E-state index in [1.165, 1.54) is 0 Å². The molecule has 160 valence electrons. The highest BCUT2D eigenvalue weighted by molar-refractivity contribution is 6.33. The van der Waals surface area contributed by atoms with Crippen LogP contribution in [0.25, 0.3) is 0 Å². The lowest BCUT2D eigenvalue weighted by atomic mass is 10.1. The van der Waals surface area contributed by atoms with Crippen molar-refractivity contribution in [1.29, 1.82) is 0 Å². The predicted octanol–water partition coefficient (Wildman–Crippen LogP) is 2.76. The van der Waals surface area contributed by atoms with E-state index in [2.05, 4.69) is 5.32 Å². The number of methoxy groups -OCH3 is 1. The molecule has 0 bridgehead atoms. The summed E-state index contributed by atoms with van der Waals surface area (Å²) in [5, 5.41) is 3.34. The Kier molecular flexibility index (Phi) is 8.07. The third-order valence-electron chi connectivity index (χ3n) is 4.81. The number of amides is 2. The molecule has 30 heavy (non-hydrogen) atoms. The average molecular weight is 432 g/mol. The molecule has 0 aliphatic carbocycles. The van der Waals surface area contributed by atoms with E-state index in [4.69, 9.17) is 21.1 Å².